The van der Waals surface area contributed by atoms with Gasteiger partial charge in [0.15, 0.2) is 0 Å². The first-order valence-corrected chi connectivity index (χ1v) is 6.20. The van der Waals surface area contributed by atoms with Gasteiger partial charge >= 0.3 is 0 Å². The van der Waals surface area contributed by atoms with Gasteiger partial charge in [0.05, 0.1) is 12.7 Å². The van der Waals surface area contributed by atoms with Crippen molar-refractivity contribution in [1.82, 2.24) is 20.0 Å². The molecule has 1 N–H and O–H groups in total. The Morgan fingerprint density at radius 3 is 2.83 bits per heavy atom. The lowest BCUT2D eigenvalue weighted by molar-refractivity contribution is -0.147. The highest BCUT2D eigenvalue weighted by Crippen LogP contribution is 2.36. The van der Waals surface area contributed by atoms with Crippen LogP contribution in [0.2, 0.25) is 0 Å². The van der Waals surface area contributed by atoms with Crippen molar-refractivity contribution < 1.29 is 9.59 Å². The van der Waals surface area contributed by atoms with Crippen LogP contribution >= 0.6 is 0 Å². The molecule has 2 amide bonds. The Balaban J connectivity index is 1.81. The van der Waals surface area contributed by atoms with Crippen molar-refractivity contribution in [2.75, 3.05) is 6.54 Å². The lowest BCUT2D eigenvalue weighted by Gasteiger charge is -2.34. The normalized spacial score (nSPS) is 24.3. The molecule has 6 nitrogen and oxygen atoms in total. The van der Waals surface area contributed by atoms with E-state index in [1.807, 2.05) is 13.2 Å². The third-order valence-electron chi connectivity index (χ3n) is 3.52. The number of nitrogens with zero attached hydrogens (tertiary/aromatic N) is 3. The minimum Gasteiger partial charge on any atom is -0.345 e. The number of carbonyl (C=O) groups is 2. The standard InChI is InChI=1S/C12H16N4O2/c1-15-6-8(4-14-15)7-16-10(17)5-13-12(18)11(16)9-2-3-9/h4,6,9,11H,2-3,5,7H2,1H3,(H,13,18). The van der Waals surface area contributed by atoms with E-state index in [1.165, 1.54) is 0 Å². The van der Waals surface area contributed by atoms with Gasteiger partial charge in [0.1, 0.15) is 6.04 Å². The minimum atomic E-state index is -0.286. The van der Waals surface area contributed by atoms with Crippen LogP contribution in [0.25, 0.3) is 0 Å². The molecule has 1 atom stereocenters. The molecule has 2 aliphatic rings. The smallest absolute Gasteiger partial charge is 0.243 e. The summed E-state index contributed by atoms with van der Waals surface area (Å²) in [5.41, 5.74) is 0.964. The second-order valence-electron chi connectivity index (χ2n) is 5.04. The van der Waals surface area contributed by atoms with Crippen molar-refractivity contribution in [2.24, 2.45) is 13.0 Å². The molecule has 3 rings (SSSR count). The molecule has 1 unspecified atom stereocenters. The Morgan fingerprint density at radius 2 is 2.22 bits per heavy atom. The molecular weight excluding hydrogens is 232 g/mol. The van der Waals surface area contributed by atoms with Gasteiger partial charge in [-0.3, -0.25) is 14.3 Å². The molecule has 96 valence electrons. The SMILES string of the molecule is Cn1cc(CN2C(=O)CNC(=O)C2C2CC2)cn1. The quantitative estimate of drug-likeness (QED) is 0.795. The molecule has 0 spiro atoms. The predicted octanol–water partition coefficient (Wildman–Crippen LogP) is -0.343. The molecule has 18 heavy (non-hydrogen) atoms. The van der Waals surface area contributed by atoms with Crippen LogP contribution in [-0.4, -0.2) is 39.1 Å². The molecular formula is C12H16N4O2. The van der Waals surface area contributed by atoms with Gasteiger partial charge in [-0.2, -0.15) is 5.10 Å². The molecule has 2 heterocycles. The van der Waals surface area contributed by atoms with Gasteiger partial charge in [-0.1, -0.05) is 0 Å². The van der Waals surface area contributed by atoms with Gasteiger partial charge in [-0.15, -0.1) is 0 Å². The van der Waals surface area contributed by atoms with Gasteiger partial charge in [-0.05, 0) is 18.8 Å². The molecule has 6 heteroatoms. The fourth-order valence-corrected chi connectivity index (χ4v) is 2.48. The summed E-state index contributed by atoms with van der Waals surface area (Å²) < 4.78 is 1.70. The van der Waals surface area contributed by atoms with Crippen LogP contribution in [0.15, 0.2) is 12.4 Å². The first kappa shape index (κ1) is 11.3. The summed E-state index contributed by atoms with van der Waals surface area (Å²) in [7, 11) is 1.84. The average molecular weight is 248 g/mol. The third kappa shape index (κ3) is 1.98. The van der Waals surface area contributed by atoms with E-state index in [-0.39, 0.29) is 24.4 Å². The molecule has 0 bridgehead atoms. The van der Waals surface area contributed by atoms with Gasteiger partial charge in [0, 0.05) is 25.4 Å². The molecule has 1 aromatic rings. The number of nitrogens with one attached hydrogen (secondary N) is 1. The molecule has 0 aromatic carbocycles. The van der Waals surface area contributed by atoms with E-state index in [0.29, 0.717) is 12.5 Å². The van der Waals surface area contributed by atoms with Crippen molar-refractivity contribution >= 4 is 11.8 Å². The molecule has 1 saturated heterocycles. The molecule has 1 saturated carbocycles. The Morgan fingerprint density at radius 1 is 1.44 bits per heavy atom. The summed E-state index contributed by atoms with van der Waals surface area (Å²) in [5.74, 6) is 0.322. The minimum absolute atomic E-state index is 0.00430. The lowest BCUT2D eigenvalue weighted by atomic mass is 10.1. The summed E-state index contributed by atoms with van der Waals surface area (Å²) in [5, 5.41) is 6.76. The summed E-state index contributed by atoms with van der Waals surface area (Å²) in [4.78, 5) is 25.6. The number of rotatable bonds is 3. The van der Waals surface area contributed by atoms with Crippen LogP contribution in [0.1, 0.15) is 18.4 Å². The Kier molecular flexibility index (Phi) is 2.57. The van der Waals surface area contributed by atoms with Crippen LogP contribution in [0.4, 0.5) is 0 Å². The molecule has 1 aromatic heterocycles. The van der Waals surface area contributed by atoms with E-state index in [2.05, 4.69) is 10.4 Å². The van der Waals surface area contributed by atoms with Crippen molar-refractivity contribution in [3.05, 3.63) is 18.0 Å². The summed E-state index contributed by atoms with van der Waals surface area (Å²) in [6.07, 6.45) is 5.69. The number of aromatic nitrogens is 2. The second kappa shape index (κ2) is 4.12. The van der Waals surface area contributed by atoms with Crippen molar-refractivity contribution in [3.8, 4) is 0 Å². The first-order chi connectivity index (χ1) is 8.65. The number of amides is 2. The Bertz CT molecular complexity index is 492. The summed E-state index contributed by atoms with van der Waals surface area (Å²) in [6.45, 7) is 0.587. The first-order valence-electron chi connectivity index (χ1n) is 6.20. The van der Waals surface area contributed by atoms with Crippen molar-refractivity contribution in [1.29, 1.82) is 0 Å². The fraction of sp³-hybridized carbons (Fsp3) is 0.583. The Hall–Kier alpha value is -1.85. The average Bonchev–Trinajstić information content (AvgIpc) is 3.08. The summed E-state index contributed by atoms with van der Waals surface area (Å²) in [6, 6.07) is -0.286. The highest BCUT2D eigenvalue weighted by Gasteiger charge is 2.44. The number of carbonyl (C=O) groups excluding carboxylic acids is 2. The number of hydrogen-bond donors (Lipinski definition) is 1. The molecule has 1 aliphatic heterocycles. The van der Waals surface area contributed by atoms with E-state index >= 15 is 0 Å². The fourth-order valence-electron chi connectivity index (χ4n) is 2.48. The monoisotopic (exact) mass is 248 g/mol. The second-order valence-corrected chi connectivity index (χ2v) is 5.04. The van der Waals surface area contributed by atoms with Crippen LogP contribution in [0, 0.1) is 5.92 Å². The van der Waals surface area contributed by atoms with E-state index in [0.717, 1.165) is 18.4 Å². The number of hydrogen-bond acceptors (Lipinski definition) is 3. The van der Waals surface area contributed by atoms with Gasteiger partial charge in [-0.25, -0.2) is 0 Å². The zero-order valence-electron chi connectivity index (χ0n) is 10.3. The highest BCUT2D eigenvalue weighted by atomic mass is 16.2. The van der Waals surface area contributed by atoms with Crippen LogP contribution in [-0.2, 0) is 23.2 Å². The lowest BCUT2D eigenvalue weighted by Crippen LogP contribution is -2.58. The van der Waals surface area contributed by atoms with E-state index in [4.69, 9.17) is 0 Å². The highest BCUT2D eigenvalue weighted by molar-refractivity contribution is 5.95. The molecule has 0 radical (unpaired) electrons. The van der Waals surface area contributed by atoms with Gasteiger partial charge in [0.2, 0.25) is 11.8 Å². The van der Waals surface area contributed by atoms with E-state index < -0.39 is 0 Å². The van der Waals surface area contributed by atoms with Gasteiger partial charge in [0.25, 0.3) is 0 Å². The molecule has 2 fully saturated rings. The maximum absolute atomic E-state index is 12.0. The van der Waals surface area contributed by atoms with E-state index in [9.17, 15) is 9.59 Å². The van der Waals surface area contributed by atoms with E-state index in [1.54, 1.807) is 15.8 Å². The number of piperazine rings is 1. The van der Waals surface area contributed by atoms with Crippen molar-refractivity contribution in [3.63, 3.8) is 0 Å². The third-order valence-corrected chi connectivity index (χ3v) is 3.52. The van der Waals surface area contributed by atoms with Crippen LogP contribution in [0.3, 0.4) is 0 Å². The Labute approximate surface area is 105 Å². The predicted molar refractivity (Wildman–Crippen MR) is 63.3 cm³/mol. The van der Waals surface area contributed by atoms with Crippen molar-refractivity contribution in [2.45, 2.75) is 25.4 Å². The molecule has 1 aliphatic carbocycles. The maximum Gasteiger partial charge on any atom is 0.243 e. The largest absolute Gasteiger partial charge is 0.345 e. The van der Waals surface area contributed by atoms with Gasteiger partial charge < -0.3 is 10.2 Å². The topological polar surface area (TPSA) is 67.2 Å². The number of aryl methyl sites for hydroxylation is 1. The van der Waals surface area contributed by atoms with Crippen LogP contribution < -0.4 is 5.32 Å². The maximum atomic E-state index is 12.0. The summed E-state index contributed by atoms with van der Waals surface area (Å²) >= 11 is 0. The zero-order chi connectivity index (χ0) is 12.7. The van der Waals surface area contributed by atoms with Crippen LogP contribution in [0.5, 0.6) is 0 Å². The zero-order valence-corrected chi connectivity index (χ0v) is 10.3.